The van der Waals surface area contributed by atoms with Crippen LogP contribution in [-0.2, 0) is 14.3 Å². The van der Waals surface area contributed by atoms with Crippen LogP contribution >= 0.6 is 0 Å². The molecule has 27 heavy (non-hydrogen) atoms. The van der Waals surface area contributed by atoms with Crippen molar-refractivity contribution in [3.05, 3.63) is 29.3 Å². The summed E-state index contributed by atoms with van der Waals surface area (Å²) in [5.74, 6) is -0.722. The number of ether oxygens (including phenoxy) is 1. The first kappa shape index (κ1) is 19.4. The normalized spacial score (nSPS) is 23.3. The number of nitrogens with zero attached hydrogens (tertiary/aromatic N) is 1. The lowest BCUT2D eigenvalue weighted by atomic mass is 9.98. The monoisotopic (exact) mass is 374 g/mol. The Morgan fingerprint density at radius 1 is 1.11 bits per heavy atom. The van der Waals surface area contributed by atoms with Crippen LogP contribution in [0.25, 0.3) is 0 Å². The van der Waals surface area contributed by atoms with Crippen molar-refractivity contribution in [2.45, 2.75) is 51.7 Å². The average Bonchev–Trinajstić information content (AvgIpc) is 3.14. The molecule has 3 rings (SSSR count). The van der Waals surface area contributed by atoms with E-state index in [1.54, 1.807) is 18.2 Å². The van der Waals surface area contributed by atoms with E-state index < -0.39 is 18.2 Å². The molecule has 146 valence electrons. The number of likely N-dealkylation sites (tertiary alicyclic amines) is 1. The summed E-state index contributed by atoms with van der Waals surface area (Å²) in [6.07, 6.45) is 1.08. The van der Waals surface area contributed by atoms with Crippen molar-refractivity contribution in [2.24, 2.45) is 5.92 Å². The number of carboxylic acid groups (broad SMARTS) is 1. The number of piperidine rings is 1. The summed E-state index contributed by atoms with van der Waals surface area (Å²) in [5.41, 5.74) is 2.00. The number of carbonyl (C=O) groups excluding carboxylic acids is 2. The molecule has 2 saturated heterocycles. The van der Waals surface area contributed by atoms with Gasteiger partial charge in [-0.1, -0.05) is 6.92 Å². The smallest absolute Gasteiger partial charge is 0.332 e. The molecule has 2 amide bonds. The average molecular weight is 374 g/mol. The third-order valence-electron chi connectivity index (χ3n) is 5.39. The zero-order valence-corrected chi connectivity index (χ0v) is 15.7. The standard InChI is InChI=1S/C20H26N2O5/c1-12-7-9-22(10-8-12)19(24)14-3-4-15(13(2)11-14)21-18(23)16-5-6-17(27-16)20(25)26/h3-4,11-12,16-17H,5-10H2,1-2H3,(H,21,23)(H,25,26)/t16-,17+/m0/s1. The lowest BCUT2D eigenvalue weighted by Gasteiger charge is -2.30. The molecule has 0 bridgehead atoms. The zero-order valence-electron chi connectivity index (χ0n) is 15.7. The second kappa shape index (κ2) is 8.08. The van der Waals surface area contributed by atoms with Crippen molar-refractivity contribution in [3.63, 3.8) is 0 Å². The summed E-state index contributed by atoms with van der Waals surface area (Å²) in [6, 6.07) is 5.22. The van der Waals surface area contributed by atoms with E-state index in [4.69, 9.17) is 9.84 Å². The molecule has 0 aliphatic carbocycles. The number of anilines is 1. The maximum Gasteiger partial charge on any atom is 0.332 e. The lowest BCUT2D eigenvalue weighted by molar-refractivity contribution is -0.150. The number of nitrogens with one attached hydrogen (secondary N) is 1. The number of aliphatic carboxylic acids is 1. The maximum atomic E-state index is 12.7. The number of aryl methyl sites for hydroxylation is 1. The van der Waals surface area contributed by atoms with E-state index in [1.165, 1.54) is 0 Å². The van der Waals surface area contributed by atoms with E-state index in [2.05, 4.69) is 12.2 Å². The van der Waals surface area contributed by atoms with E-state index in [1.807, 2.05) is 11.8 Å². The number of carboxylic acids is 1. The molecule has 2 atom stereocenters. The van der Waals surface area contributed by atoms with Gasteiger partial charge in [0.05, 0.1) is 0 Å². The number of amides is 2. The molecule has 7 nitrogen and oxygen atoms in total. The van der Waals surface area contributed by atoms with Crippen LogP contribution < -0.4 is 5.32 Å². The molecule has 2 fully saturated rings. The fraction of sp³-hybridized carbons (Fsp3) is 0.550. The fourth-order valence-corrected chi connectivity index (χ4v) is 3.56. The minimum Gasteiger partial charge on any atom is -0.479 e. The van der Waals surface area contributed by atoms with Gasteiger partial charge in [-0.05, 0) is 62.3 Å². The molecule has 1 aromatic carbocycles. The molecule has 2 heterocycles. The molecule has 0 aromatic heterocycles. The van der Waals surface area contributed by atoms with Crippen LogP contribution in [0, 0.1) is 12.8 Å². The van der Waals surface area contributed by atoms with Gasteiger partial charge in [-0.25, -0.2) is 4.79 Å². The molecule has 2 aliphatic heterocycles. The van der Waals surface area contributed by atoms with Crippen LogP contribution in [0.4, 0.5) is 5.69 Å². The Bertz CT molecular complexity index is 740. The molecule has 0 radical (unpaired) electrons. The predicted octanol–water partition coefficient (Wildman–Crippen LogP) is 2.44. The predicted molar refractivity (Wildman–Crippen MR) is 99.6 cm³/mol. The summed E-state index contributed by atoms with van der Waals surface area (Å²) in [5, 5.41) is 11.7. The van der Waals surface area contributed by atoms with E-state index in [0.29, 0.717) is 30.0 Å². The van der Waals surface area contributed by atoms with Crippen molar-refractivity contribution in [2.75, 3.05) is 18.4 Å². The van der Waals surface area contributed by atoms with Gasteiger partial charge in [0.2, 0.25) is 0 Å². The van der Waals surface area contributed by atoms with Gasteiger partial charge in [0.15, 0.2) is 6.10 Å². The third kappa shape index (κ3) is 4.47. The number of carbonyl (C=O) groups is 3. The van der Waals surface area contributed by atoms with Crippen LogP contribution in [0.1, 0.15) is 48.5 Å². The van der Waals surface area contributed by atoms with Gasteiger partial charge < -0.3 is 20.1 Å². The second-order valence-corrected chi connectivity index (χ2v) is 7.52. The van der Waals surface area contributed by atoms with Crippen molar-refractivity contribution < 1.29 is 24.2 Å². The van der Waals surface area contributed by atoms with Gasteiger partial charge in [0.1, 0.15) is 6.10 Å². The van der Waals surface area contributed by atoms with Gasteiger partial charge in [-0.3, -0.25) is 9.59 Å². The number of rotatable bonds is 4. The van der Waals surface area contributed by atoms with Crippen LogP contribution in [0.2, 0.25) is 0 Å². The van der Waals surface area contributed by atoms with Crippen molar-refractivity contribution in [3.8, 4) is 0 Å². The lowest BCUT2D eigenvalue weighted by Crippen LogP contribution is -2.37. The van der Waals surface area contributed by atoms with Crippen LogP contribution in [0.15, 0.2) is 18.2 Å². The molecular weight excluding hydrogens is 348 g/mol. The maximum absolute atomic E-state index is 12.7. The highest BCUT2D eigenvalue weighted by Gasteiger charge is 2.34. The largest absolute Gasteiger partial charge is 0.479 e. The highest BCUT2D eigenvalue weighted by Crippen LogP contribution is 2.24. The number of hydrogen-bond acceptors (Lipinski definition) is 4. The Labute approximate surface area is 158 Å². The van der Waals surface area contributed by atoms with E-state index >= 15 is 0 Å². The van der Waals surface area contributed by atoms with E-state index in [0.717, 1.165) is 31.5 Å². The summed E-state index contributed by atoms with van der Waals surface area (Å²) < 4.78 is 5.27. The first-order chi connectivity index (χ1) is 12.8. The van der Waals surface area contributed by atoms with Gasteiger partial charge in [-0.15, -0.1) is 0 Å². The van der Waals surface area contributed by atoms with Crippen LogP contribution in [0.3, 0.4) is 0 Å². The summed E-state index contributed by atoms with van der Waals surface area (Å²) >= 11 is 0. The summed E-state index contributed by atoms with van der Waals surface area (Å²) in [7, 11) is 0. The quantitative estimate of drug-likeness (QED) is 0.844. The Hall–Kier alpha value is -2.41. The van der Waals surface area contributed by atoms with Gasteiger partial charge in [0, 0.05) is 24.3 Å². The third-order valence-corrected chi connectivity index (χ3v) is 5.39. The molecule has 2 aliphatic rings. The summed E-state index contributed by atoms with van der Waals surface area (Å²) in [6.45, 7) is 5.60. The second-order valence-electron chi connectivity index (χ2n) is 7.52. The van der Waals surface area contributed by atoms with Crippen molar-refractivity contribution in [1.82, 2.24) is 4.90 Å². The molecule has 0 saturated carbocycles. The first-order valence-corrected chi connectivity index (χ1v) is 9.44. The topological polar surface area (TPSA) is 95.9 Å². The fourth-order valence-electron chi connectivity index (χ4n) is 3.56. The minimum absolute atomic E-state index is 0.0197. The number of benzene rings is 1. The van der Waals surface area contributed by atoms with Crippen molar-refractivity contribution >= 4 is 23.5 Å². The van der Waals surface area contributed by atoms with Gasteiger partial charge in [-0.2, -0.15) is 0 Å². The van der Waals surface area contributed by atoms with Crippen molar-refractivity contribution in [1.29, 1.82) is 0 Å². The minimum atomic E-state index is -1.04. The highest BCUT2D eigenvalue weighted by atomic mass is 16.5. The Kier molecular flexibility index (Phi) is 5.79. The van der Waals surface area contributed by atoms with E-state index in [9.17, 15) is 14.4 Å². The molecule has 0 unspecified atom stereocenters. The van der Waals surface area contributed by atoms with E-state index in [-0.39, 0.29) is 11.8 Å². The first-order valence-electron chi connectivity index (χ1n) is 9.44. The highest BCUT2D eigenvalue weighted by molar-refractivity contribution is 5.98. The van der Waals surface area contributed by atoms with Crippen LogP contribution in [0.5, 0.6) is 0 Å². The molecule has 2 N–H and O–H groups in total. The molecule has 7 heteroatoms. The Morgan fingerprint density at radius 3 is 2.37 bits per heavy atom. The Morgan fingerprint density at radius 2 is 1.78 bits per heavy atom. The Balaban J connectivity index is 1.62. The molecular formula is C20H26N2O5. The molecule has 0 spiro atoms. The van der Waals surface area contributed by atoms with Crippen LogP contribution in [-0.4, -0.2) is 53.1 Å². The number of hydrogen-bond donors (Lipinski definition) is 2. The zero-order chi connectivity index (χ0) is 19.6. The molecule has 1 aromatic rings. The SMILES string of the molecule is Cc1cc(C(=O)N2CCC(C)CC2)ccc1NC(=O)[C@@H]1CC[C@H](C(=O)O)O1. The van der Waals surface area contributed by atoms with Gasteiger partial charge in [0.25, 0.3) is 11.8 Å². The summed E-state index contributed by atoms with van der Waals surface area (Å²) in [4.78, 5) is 37.8. The van der Waals surface area contributed by atoms with Gasteiger partial charge >= 0.3 is 5.97 Å².